The highest BCUT2D eigenvalue weighted by Gasteiger charge is 2.22. The van der Waals surface area contributed by atoms with E-state index < -0.39 is 28.7 Å². The Kier molecular flexibility index (Phi) is 8.77. The van der Waals surface area contributed by atoms with Crippen LogP contribution in [0.4, 0.5) is 0 Å². The number of carbonyl (C=O) groups excluding carboxylic acids is 2. The van der Waals surface area contributed by atoms with Gasteiger partial charge in [0.2, 0.25) is 11.8 Å². The van der Waals surface area contributed by atoms with Gasteiger partial charge in [-0.3, -0.25) is 13.8 Å². The van der Waals surface area contributed by atoms with Gasteiger partial charge >= 0.3 is 5.97 Å². The third-order valence-electron chi connectivity index (χ3n) is 2.17. The molecule has 7 nitrogen and oxygen atoms in total. The number of carboxylic acids is 1. The molecule has 0 saturated carbocycles. The number of amides is 2. The number of hydrogen-bond donors (Lipinski definition) is 3. The SMILES string of the molecule is CCCCNC(=O)CS(=O)CC(NC(C)=O)C(=O)O. The van der Waals surface area contributed by atoms with Crippen LogP contribution in [0.25, 0.3) is 0 Å². The van der Waals surface area contributed by atoms with Crippen molar-refractivity contribution in [1.82, 2.24) is 10.6 Å². The summed E-state index contributed by atoms with van der Waals surface area (Å²) in [6.45, 7) is 3.67. The fraction of sp³-hybridized carbons (Fsp3) is 0.727. The molecular formula is C11H20N2O5S. The Labute approximate surface area is 114 Å². The summed E-state index contributed by atoms with van der Waals surface area (Å²) in [6, 6.07) is -1.23. The molecule has 110 valence electrons. The molecular weight excluding hydrogens is 272 g/mol. The second kappa shape index (κ2) is 9.48. The average Bonchev–Trinajstić information content (AvgIpc) is 2.27. The Morgan fingerprint density at radius 3 is 2.42 bits per heavy atom. The number of aliphatic carboxylic acids is 1. The Balaban J connectivity index is 4.15. The predicted octanol–water partition coefficient (Wildman–Crippen LogP) is -0.759. The predicted molar refractivity (Wildman–Crippen MR) is 71.0 cm³/mol. The van der Waals surface area contributed by atoms with Gasteiger partial charge in [-0.1, -0.05) is 13.3 Å². The molecule has 0 heterocycles. The van der Waals surface area contributed by atoms with Crippen LogP contribution in [0.2, 0.25) is 0 Å². The van der Waals surface area contributed by atoms with E-state index in [1.54, 1.807) is 0 Å². The Hall–Kier alpha value is -1.44. The van der Waals surface area contributed by atoms with Crippen LogP contribution in [0, 0.1) is 0 Å². The molecule has 3 N–H and O–H groups in total. The van der Waals surface area contributed by atoms with Gasteiger partial charge in [0.1, 0.15) is 11.8 Å². The van der Waals surface area contributed by atoms with Gasteiger partial charge in [0.05, 0.1) is 5.75 Å². The second-order valence-corrected chi connectivity index (χ2v) is 5.55. The third kappa shape index (κ3) is 9.18. The zero-order chi connectivity index (χ0) is 14.8. The van der Waals surface area contributed by atoms with Gasteiger partial charge in [-0.05, 0) is 6.42 Å². The summed E-state index contributed by atoms with van der Waals surface area (Å²) >= 11 is 0. The lowest BCUT2D eigenvalue weighted by atomic mass is 10.3. The molecule has 0 aliphatic heterocycles. The average molecular weight is 292 g/mol. The monoisotopic (exact) mass is 292 g/mol. The van der Waals surface area contributed by atoms with Gasteiger partial charge in [-0.2, -0.15) is 0 Å². The third-order valence-corrected chi connectivity index (χ3v) is 3.46. The van der Waals surface area contributed by atoms with Gasteiger partial charge < -0.3 is 15.7 Å². The number of hydrogen-bond acceptors (Lipinski definition) is 4. The van der Waals surface area contributed by atoms with Gasteiger partial charge in [0.15, 0.2) is 0 Å². The minimum atomic E-state index is -1.63. The Morgan fingerprint density at radius 2 is 1.95 bits per heavy atom. The van der Waals surface area contributed by atoms with Crippen LogP contribution < -0.4 is 10.6 Å². The number of carbonyl (C=O) groups is 3. The molecule has 8 heteroatoms. The second-order valence-electron chi connectivity index (χ2n) is 4.05. The van der Waals surface area contributed by atoms with Crippen LogP contribution in [-0.2, 0) is 25.2 Å². The smallest absolute Gasteiger partial charge is 0.327 e. The molecule has 0 aromatic carbocycles. The van der Waals surface area contributed by atoms with Crippen molar-refractivity contribution in [3.63, 3.8) is 0 Å². The lowest BCUT2D eigenvalue weighted by molar-refractivity contribution is -0.140. The van der Waals surface area contributed by atoms with E-state index in [4.69, 9.17) is 5.11 Å². The summed E-state index contributed by atoms with van der Waals surface area (Å²) < 4.78 is 11.6. The van der Waals surface area contributed by atoms with Gasteiger partial charge in [-0.25, -0.2) is 4.79 Å². The van der Waals surface area contributed by atoms with Crippen molar-refractivity contribution >= 4 is 28.6 Å². The first-order chi connectivity index (χ1) is 8.86. The molecule has 0 spiro atoms. The summed E-state index contributed by atoms with van der Waals surface area (Å²) in [5.41, 5.74) is 0. The maximum absolute atomic E-state index is 11.6. The standard InChI is InChI=1S/C11H20N2O5S/c1-3-4-5-12-10(15)7-19(18)6-9(11(16)17)13-8(2)14/h9H,3-7H2,1-2H3,(H,12,15)(H,13,14)(H,16,17). The summed E-state index contributed by atoms with van der Waals surface area (Å²) in [6.07, 6.45) is 1.77. The van der Waals surface area contributed by atoms with E-state index in [1.165, 1.54) is 6.92 Å². The Morgan fingerprint density at radius 1 is 1.32 bits per heavy atom. The van der Waals surface area contributed by atoms with E-state index in [9.17, 15) is 18.6 Å². The first-order valence-electron chi connectivity index (χ1n) is 5.98. The molecule has 0 radical (unpaired) electrons. The summed E-state index contributed by atoms with van der Waals surface area (Å²) in [7, 11) is -1.63. The van der Waals surface area contributed by atoms with Crippen molar-refractivity contribution in [2.45, 2.75) is 32.7 Å². The van der Waals surface area contributed by atoms with E-state index in [0.717, 1.165) is 12.8 Å². The zero-order valence-electron chi connectivity index (χ0n) is 11.1. The largest absolute Gasteiger partial charge is 0.480 e. The maximum Gasteiger partial charge on any atom is 0.327 e. The molecule has 0 aliphatic carbocycles. The van der Waals surface area contributed by atoms with Crippen molar-refractivity contribution < 1.29 is 23.7 Å². The van der Waals surface area contributed by atoms with Crippen molar-refractivity contribution in [2.24, 2.45) is 0 Å². The van der Waals surface area contributed by atoms with Crippen LogP contribution in [0.3, 0.4) is 0 Å². The number of nitrogens with one attached hydrogen (secondary N) is 2. The normalized spacial score (nSPS) is 13.4. The van der Waals surface area contributed by atoms with E-state index in [1.807, 2.05) is 6.92 Å². The fourth-order valence-electron chi connectivity index (χ4n) is 1.27. The molecule has 0 bridgehead atoms. The molecule has 0 aromatic rings. The highest BCUT2D eigenvalue weighted by molar-refractivity contribution is 7.85. The van der Waals surface area contributed by atoms with Crippen molar-refractivity contribution in [1.29, 1.82) is 0 Å². The molecule has 0 aliphatic rings. The minimum absolute atomic E-state index is 0.257. The molecule has 2 amide bonds. The molecule has 2 atom stereocenters. The number of rotatable bonds is 9. The quantitative estimate of drug-likeness (QED) is 0.484. The first kappa shape index (κ1) is 17.6. The van der Waals surface area contributed by atoms with E-state index in [-0.39, 0.29) is 17.4 Å². The molecule has 0 fully saturated rings. The molecule has 0 saturated heterocycles. The minimum Gasteiger partial charge on any atom is -0.480 e. The number of unbranched alkanes of at least 4 members (excludes halogenated alkanes) is 1. The lowest BCUT2D eigenvalue weighted by Crippen LogP contribution is -2.44. The maximum atomic E-state index is 11.6. The van der Waals surface area contributed by atoms with Gasteiger partial charge in [0, 0.05) is 24.3 Å². The van der Waals surface area contributed by atoms with Crippen LogP contribution in [-0.4, -0.2) is 51.2 Å². The Bertz CT molecular complexity index is 359. The van der Waals surface area contributed by atoms with E-state index in [0.29, 0.717) is 6.54 Å². The fourth-order valence-corrected chi connectivity index (χ4v) is 2.38. The van der Waals surface area contributed by atoms with Crippen LogP contribution >= 0.6 is 0 Å². The van der Waals surface area contributed by atoms with E-state index >= 15 is 0 Å². The summed E-state index contributed by atoms with van der Waals surface area (Å²) in [4.78, 5) is 33.0. The van der Waals surface area contributed by atoms with Crippen LogP contribution in [0.5, 0.6) is 0 Å². The van der Waals surface area contributed by atoms with Crippen molar-refractivity contribution in [3.8, 4) is 0 Å². The van der Waals surface area contributed by atoms with Crippen molar-refractivity contribution in [2.75, 3.05) is 18.1 Å². The van der Waals surface area contributed by atoms with Crippen LogP contribution in [0.1, 0.15) is 26.7 Å². The topological polar surface area (TPSA) is 113 Å². The highest BCUT2D eigenvalue weighted by atomic mass is 32.2. The lowest BCUT2D eigenvalue weighted by Gasteiger charge is -2.12. The molecule has 0 rings (SSSR count). The molecule has 0 aromatic heterocycles. The number of carboxylic acid groups (broad SMARTS) is 1. The van der Waals surface area contributed by atoms with Gasteiger partial charge in [-0.15, -0.1) is 0 Å². The molecule has 19 heavy (non-hydrogen) atoms. The highest BCUT2D eigenvalue weighted by Crippen LogP contribution is 1.92. The molecule has 2 unspecified atom stereocenters. The summed E-state index contributed by atoms with van der Waals surface area (Å²) in [5.74, 6) is -2.70. The van der Waals surface area contributed by atoms with Crippen molar-refractivity contribution in [3.05, 3.63) is 0 Å². The van der Waals surface area contributed by atoms with E-state index in [2.05, 4.69) is 10.6 Å². The van der Waals surface area contributed by atoms with Crippen LogP contribution in [0.15, 0.2) is 0 Å². The zero-order valence-corrected chi connectivity index (χ0v) is 11.9. The first-order valence-corrected chi connectivity index (χ1v) is 7.47. The van der Waals surface area contributed by atoms with Gasteiger partial charge in [0.25, 0.3) is 0 Å². The summed E-state index contributed by atoms with van der Waals surface area (Å²) in [5, 5.41) is 13.6.